The van der Waals surface area contributed by atoms with E-state index in [1.165, 1.54) is 0 Å². The first-order valence-electron chi connectivity index (χ1n) is 6.10. The third-order valence-electron chi connectivity index (χ3n) is 3.24. The fraction of sp³-hybridized carbons (Fsp3) is 0.667. The predicted octanol–water partition coefficient (Wildman–Crippen LogP) is 0.474. The Labute approximate surface area is 100 Å². The number of rotatable bonds is 3. The van der Waals surface area contributed by atoms with Crippen molar-refractivity contribution in [3.63, 3.8) is 0 Å². The van der Waals surface area contributed by atoms with E-state index in [1.54, 1.807) is 0 Å². The van der Waals surface area contributed by atoms with E-state index < -0.39 is 0 Å². The first-order valence-corrected chi connectivity index (χ1v) is 6.10. The highest BCUT2D eigenvalue weighted by Crippen LogP contribution is 2.23. The summed E-state index contributed by atoms with van der Waals surface area (Å²) in [6, 6.07) is 0. The van der Waals surface area contributed by atoms with E-state index in [1.807, 2.05) is 6.92 Å². The molecular weight excluding hydrogens is 218 g/mol. The Balaban J connectivity index is 2.27. The second-order valence-corrected chi connectivity index (χ2v) is 4.44. The number of hydrogen-bond donors (Lipinski definition) is 2. The number of nitrogens with zero attached hydrogens (tertiary/aromatic N) is 1. The number of aromatic amines is 1. The van der Waals surface area contributed by atoms with E-state index in [0.29, 0.717) is 24.4 Å². The summed E-state index contributed by atoms with van der Waals surface area (Å²) in [7, 11) is 0. The lowest BCUT2D eigenvalue weighted by molar-refractivity contribution is 0.0835. The average molecular weight is 237 g/mol. The van der Waals surface area contributed by atoms with Gasteiger partial charge in [0.15, 0.2) is 0 Å². The number of nitrogens with one attached hydrogen (secondary N) is 1. The number of ether oxygens (including phenoxy) is 1. The maximum Gasteiger partial charge on any atom is 0.254 e. The van der Waals surface area contributed by atoms with Gasteiger partial charge in [0, 0.05) is 30.4 Å². The number of H-pyrrole nitrogens is 1. The molecule has 2 heterocycles. The van der Waals surface area contributed by atoms with Crippen LogP contribution in [0.15, 0.2) is 4.79 Å². The highest BCUT2D eigenvalue weighted by Gasteiger charge is 2.19. The third-order valence-corrected chi connectivity index (χ3v) is 3.24. The van der Waals surface area contributed by atoms with E-state index in [2.05, 4.69) is 9.97 Å². The van der Waals surface area contributed by atoms with Gasteiger partial charge in [0.2, 0.25) is 0 Å². The molecule has 0 unspecified atom stereocenters. The lowest BCUT2D eigenvalue weighted by Crippen LogP contribution is -2.25. The van der Waals surface area contributed by atoms with Gasteiger partial charge in [0.1, 0.15) is 5.82 Å². The summed E-state index contributed by atoms with van der Waals surface area (Å²) < 4.78 is 5.31. The lowest BCUT2D eigenvalue weighted by Gasteiger charge is -2.21. The van der Waals surface area contributed by atoms with Gasteiger partial charge in [-0.15, -0.1) is 0 Å². The zero-order valence-corrected chi connectivity index (χ0v) is 10.2. The summed E-state index contributed by atoms with van der Waals surface area (Å²) >= 11 is 0. The monoisotopic (exact) mass is 237 g/mol. The topological polar surface area (TPSA) is 81.0 Å². The van der Waals surface area contributed by atoms with Crippen molar-refractivity contribution in [2.24, 2.45) is 5.73 Å². The van der Waals surface area contributed by atoms with E-state index in [0.717, 1.165) is 37.6 Å². The second kappa shape index (κ2) is 5.42. The predicted molar refractivity (Wildman–Crippen MR) is 65.1 cm³/mol. The van der Waals surface area contributed by atoms with Gasteiger partial charge < -0.3 is 15.5 Å². The van der Waals surface area contributed by atoms with Crippen LogP contribution in [-0.4, -0.2) is 29.7 Å². The minimum atomic E-state index is -0.0376. The van der Waals surface area contributed by atoms with Crippen LogP contribution in [0, 0.1) is 6.92 Å². The summed E-state index contributed by atoms with van der Waals surface area (Å²) in [6.45, 7) is 3.85. The van der Waals surface area contributed by atoms with Gasteiger partial charge in [-0.05, 0) is 32.7 Å². The quantitative estimate of drug-likeness (QED) is 0.801. The zero-order chi connectivity index (χ0) is 12.3. The van der Waals surface area contributed by atoms with Gasteiger partial charge in [0.05, 0.1) is 0 Å². The molecule has 0 spiro atoms. The normalized spacial score (nSPS) is 17.3. The summed E-state index contributed by atoms with van der Waals surface area (Å²) in [6.07, 6.45) is 2.44. The van der Waals surface area contributed by atoms with E-state index in [-0.39, 0.29) is 5.56 Å². The van der Waals surface area contributed by atoms with Crippen LogP contribution in [0.1, 0.15) is 35.8 Å². The van der Waals surface area contributed by atoms with E-state index in [4.69, 9.17) is 10.5 Å². The van der Waals surface area contributed by atoms with Crippen LogP contribution in [-0.2, 0) is 11.2 Å². The SMILES string of the molecule is Cc1nc(C2CCOCC2)[nH]c(=O)c1CCN. The second-order valence-electron chi connectivity index (χ2n) is 4.44. The van der Waals surface area contributed by atoms with Gasteiger partial charge >= 0.3 is 0 Å². The Morgan fingerprint density at radius 2 is 2.18 bits per heavy atom. The average Bonchev–Trinajstić information content (AvgIpc) is 2.35. The molecule has 0 atom stereocenters. The van der Waals surface area contributed by atoms with Crippen molar-refractivity contribution in [3.8, 4) is 0 Å². The van der Waals surface area contributed by atoms with Crippen LogP contribution in [0.25, 0.3) is 0 Å². The Kier molecular flexibility index (Phi) is 3.91. The molecule has 3 N–H and O–H groups in total. The minimum absolute atomic E-state index is 0.0376. The maximum atomic E-state index is 11.9. The molecule has 1 aliphatic heterocycles. The van der Waals surface area contributed by atoms with Crippen molar-refractivity contribution >= 4 is 0 Å². The molecule has 1 aliphatic rings. The van der Waals surface area contributed by atoms with Crippen LogP contribution >= 0.6 is 0 Å². The number of nitrogens with two attached hydrogens (primary N) is 1. The highest BCUT2D eigenvalue weighted by atomic mass is 16.5. The Hall–Kier alpha value is -1.20. The fourth-order valence-electron chi connectivity index (χ4n) is 2.24. The highest BCUT2D eigenvalue weighted by molar-refractivity contribution is 5.18. The van der Waals surface area contributed by atoms with Gasteiger partial charge in [-0.25, -0.2) is 4.98 Å². The van der Waals surface area contributed by atoms with Crippen LogP contribution in [0.4, 0.5) is 0 Å². The number of hydrogen-bond acceptors (Lipinski definition) is 4. The van der Waals surface area contributed by atoms with E-state index >= 15 is 0 Å². The molecule has 1 aromatic rings. The fourth-order valence-corrected chi connectivity index (χ4v) is 2.24. The van der Waals surface area contributed by atoms with Crippen LogP contribution in [0.3, 0.4) is 0 Å². The van der Waals surface area contributed by atoms with Crippen molar-refractivity contribution in [2.45, 2.75) is 32.1 Å². The summed E-state index contributed by atoms with van der Waals surface area (Å²) in [4.78, 5) is 19.3. The van der Waals surface area contributed by atoms with Crippen molar-refractivity contribution in [1.29, 1.82) is 0 Å². The molecule has 2 rings (SSSR count). The molecule has 1 fully saturated rings. The van der Waals surface area contributed by atoms with Gasteiger partial charge in [-0.3, -0.25) is 4.79 Å². The first kappa shape index (κ1) is 12.3. The van der Waals surface area contributed by atoms with Crippen molar-refractivity contribution < 1.29 is 4.74 Å². The molecule has 0 amide bonds. The van der Waals surface area contributed by atoms with Gasteiger partial charge in [-0.1, -0.05) is 0 Å². The molecule has 0 aliphatic carbocycles. The molecular formula is C12H19N3O2. The summed E-state index contributed by atoms with van der Waals surface area (Å²) in [5.41, 5.74) is 6.96. The molecule has 5 nitrogen and oxygen atoms in total. The number of aryl methyl sites for hydroxylation is 1. The van der Waals surface area contributed by atoms with E-state index in [9.17, 15) is 4.79 Å². The maximum absolute atomic E-state index is 11.9. The zero-order valence-electron chi connectivity index (χ0n) is 10.2. The summed E-state index contributed by atoms with van der Waals surface area (Å²) in [5, 5.41) is 0. The Morgan fingerprint density at radius 1 is 1.47 bits per heavy atom. The molecule has 0 saturated carbocycles. The first-order chi connectivity index (χ1) is 8.22. The molecule has 0 bridgehead atoms. The Bertz CT molecular complexity index is 436. The van der Waals surface area contributed by atoms with Crippen molar-refractivity contribution in [3.05, 3.63) is 27.4 Å². The van der Waals surface area contributed by atoms with Crippen molar-refractivity contribution in [1.82, 2.24) is 9.97 Å². The molecule has 0 aromatic carbocycles. The molecule has 5 heteroatoms. The summed E-state index contributed by atoms with van der Waals surface area (Å²) in [5.74, 6) is 1.12. The van der Waals surface area contributed by atoms with Crippen LogP contribution in [0.2, 0.25) is 0 Å². The molecule has 1 aromatic heterocycles. The molecule has 94 valence electrons. The van der Waals surface area contributed by atoms with Crippen molar-refractivity contribution in [2.75, 3.05) is 19.8 Å². The van der Waals surface area contributed by atoms with Gasteiger partial charge in [-0.2, -0.15) is 0 Å². The largest absolute Gasteiger partial charge is 0.381 e. The lowest BCUT2D eigenvalue weighted by atomic mass is 9.99. The number of aromatic nitrogens is 2. The smallest absolute Gasteiger partial charge is 0.254 e. The third kappa shape index (κ3) is 2.73. The van der Waals surface area contributed by atoms with Crippen LogP contribution < -0.4 is 11.3 Å². The Morgan fingerprint density at radius 3 is 2.76 bits per heavy atom. The molecule has 17 heavy (non-hydrogen) atoms. The molecule has 0 radical (unpaired) electrons. The van der Waals surface area contributed by atoms with Crippen LogP contribution in [0.5, 0.6) is 0 Å². The molecule has 1 saturated heterocycles. The minimum Gasteiger partial charge on any atom is -0.381 e. The standard InChI is InChI=1S/C12H19N3O2/c1-8-10(2-5-13)12(16)15-11(14-8)9-3-6-17-7-4-9/h9H,2-7,13H2,1H3,(H,14,15,16). The van der Waals surface area contributed by atoms with Gasteiger partial charge in [0.25, 0.3) is 5.56 Å².